The molecule has 0 amide bonds. The van der Waals surface area contributed by atoms with E-state index in [-0.39, 0.29) is 0 Å². The fourth-order valence-corrected chi connectivity index (χ4v) is 2.20. The third-order valence-corrected chi connectivity index (χ3v) is 3.16. The maximum absolute atomic E-state index is 2.96. The Kier molecular flexibility index (Phi) is 4.64. The van der Waals surface area contributed by atoms with Crippen LogP contribution in [0.1, 0.15) is 13.8 Å². The van der Waals surface area contributed by atoms with Crippen LogP contribution in [-0.4, -0.2) is 13.1 Å². The number of nitrogens with zero attached hydrogens (tertiary/aromatic N) is 1. The lowest BCUT2D eigenvalue weighted by molar-refractivity contribution is 0.911. The van der Waals surface area contributed by atoms with Crippen LogP contribution in [0.15, 0.2) is 54.6 Å². The Morgan fingerprint density at radius 1 is 1.11 bits per heavy atom. The van der Waals surface area contributed by atoms with E-state index >= 15 is 0 Å². The van der Waals surface area contributed by atoms with Crippen LogP contribution in [0.2, 0.25) is 0 Å². The average Bonchev–Trinajstić information content (AvgIpc) is 2.47. The van der Waals surface area contributed by atoms with Crippen LogP contribution in [0.4, 0.5) is 5.69 Å². The van der Waals surface area contributed by atoms with Crippen molar-refractivity contribution >= 4 is 16.5 Å². The van der Waals surface area contributed by atoms with E-state index in [9.17, 15) is 0 Å². The summed E-state index contributed by atoms with van der Waals surface area (Å²) in [4.78, 5) is 2.36. The zero-order valence-electron chi connectivity index (χ0n) is 11.6. The molecule has 0 aliphatic heterocycles. The highest BCUT2D eigenvalue weighted by atomic mass is 15.1. The van der Waals surface area contributed by atoms with Gasteiger partial charge in [0.25, 0.3) is 0 Å². The lowest BCUT2D eigenvalue weighted by atomic mass is 10.1. The monoisotopic (exact) mass is 249 g/mol. The van der Waals surface area contributed by atoms with Gasteiger partial charge in [-0.3, -0.25) is 0 Å². The smallest absolute Gasteiger partial charge is 0.0448 e. The topological polar surface area (TPSA) is 3.24 Å². The summed E-state index contributed by atoms with van der Waals surface area (Å²) in [5.74, 6) is 5.83. The minimum atomic E-state index is 0.888. The second kappa shape index (κ2) is 6.66. The van der Waals surface area contributed by atoms with Gasteiger partial charge in [-0.05, 0) is 31.4 Å². The highest BCUT2D eigenvalue weighted by Crippen LogP contribution is 2.26. The molecule has 0 unspecified atom stereocenters. The first-order valence-corrected chi connectivity index (χ1v) is 6.66. The zero-order chi connectivity index (χ0) is 13.5. The van der Waals surface area contributed by atoms with E-state index < -0.39 is 0 Å². The van der Waals surface area contributed by atoms with Crippen LogP contribution in [0.25, 0.3) is 10.8 Å². The number of fused-ring (bicyclic) bond motifs is 1. The maximum atomic E-state index is 2.96. The molecule has 19 heavy (non-hydrogen) atoms. The molecule has 0 radical (unpaired) electrons. The molecule has 96 valence electrons. The Bertz CT molecular complexity index is 623. The van der Waals surface area contributed by atoms with E-state index in [0.29, 0.717) is 0 Å². The van der Waals surface area contributed by atoms with Crippen molar-refractivity contribution in [1.29, 1.82) is 0 Å². The zero-order valence-corrected chi connectivity index (χ0v) is 11.6. The number of anilines is 1. The first kappa shape index (κ1) is 13.2. The molecule has 0 saturated heterocycles. The molecule has 0 aliphatic rings. The van der Waals surface area contributed by atoms with Crippen molar-refractivity contribution < 1.29 is 0 Å². The van der Waals surface area contributed by atoms with Crippen LogP contribution in [0, 0.1) is 11.8 Å². The van der Waals surface area contributed by atoms with Crippen molar-refractivity contribution in [1.82, 2.24) is 0 Å². The maximum Gasteiger partial charge on any atom is 0.0448 e. The predicted molar refractivity (Wildman–Crippen MR) is 84.4 cm³/mol. The Labute approximate surface area is 115 Å². The second-order valence-electron chi connectivity index (χ2n) is 4.33. The minimum Gasteiger partial charge on any atom is -0.368 e. The minimum absolute atomic E-state index is 0.888. The van der Waals surface area contributed by atoms with Crippen molar-refractivity contribution in [3.05, 3.63) is 54.6 Å². The van der Waals surface area contributed by atoms with Gasteiger partial charge in [-0.2, -0.15) is 0 Å². The van der Waals surface area contributed by atoms with Gasteiger partial charge >= 0.3 is 0 Å². The van der Waals surface area contributed by atoms with Gasteiger partial charge in [-0.1, -0.05) is 48.4 Å². The van der Waals surface area contributed by atoms with Gasteiger partial charge in [0.1, 0.15) is 0 Å². The summed E-state index contributed by atoms with van der Waals surface area (Å²) in [6.45, 7) is 5.91. The molecule has 0 spiro atoms. The van der Waals surface area contributed by atoms with Crippen molar-refractivity contribution in [2.45, 2.75) is 13.8 Å². The van der Waals surface area contributed by atoms with Crippen LogP contribution in [0.3, 0.4) is 0 Å². The average molecular weight is 249 g/mol. The van der Waals surface area contributed by atoms with Gasteiger partial charge < -0.3 is 4.90 Å². The Hall–Kier alpha value is -2.20. The molecular formula is C18H19N. The van der Waals surface area contributed by atoms with Crippen LogP contribution >= 0.6 is 0 Å². The molecular weight excluding hydrogens is 230 g/mol. The van der Waals surface area contributed by atoms with Gasteiger partial charge in [-0.25, -0.2) is 0 Å². The number of hydrogen-bond donors (Lipinski definition) is 0. The highest BCUT2D eigenvalue weighted by Gasteiger charge is 2.06. The van der Waals surface area contributed by atoms with Gasteiger partial charge in [0, 0.05) is 24.2 Å². The molecule has 0 heterocycles. The molecule has 2 rings (SSSR count). The third kappa shape index (κ3) is 3.17. The summed E-state index contributed by atoms with van der Waals surface area (Å²) >= 11 is 0. The van der Waals surface area contributed by atoms with Crippen LogP contribution in [-0.2, 0) is 0 Å². The first-order chi connectivity index (χ1) is 9.36. The fourth-order valence-electron chi connectivity index (χ4n) is 2.20. The Balaban J connectivity index is 2.32. The van der Waals surface area contributed by atoms with Crippen molar-refractivity contribution in [2.75, 3.05) is 18.0 Å². The standard InChI is InChI=1S/C18H19N/c1-3-5-6-9-15-19(4-2)18-14-10-12-16-11-7-8-13-17(16)18/h6-14H,4,15H2,1-2H3. The second-order valence-corrected chi connectivity index (χ2v) is 4.33. The van der Waals surface area contributed by atoms with Gasteiger partial charge in [0.2, 0.25) is 0 Å². The van der Waals surface area contributed by atoms with Crippen molar-refractivity contribution in [3.8, 4) is 11.8 Å². The molecule has 0 aromatic heterocycles. The number of hydrogen-bond acceptors (Lipinski definition) is 1. The summed E-state index contributed by atoms with van der Waals surface area (Å²) in [5, 5.41) is 2.60. The first-order valence-electron chi connectivity index (χ1n) is 6.66. The largest absolute Gasteiger partial charge is 0.368 e. The van der Waals surface area contributed by atoms with Gasteiger partial charge in [0.15, 0.2) is 0 Å². The molecule has 0 atom stereocenters. The Morgan fingerprint density at radius 3 is 2.68 bits per heavy atom. The molecule has 0 fully saturated rings. The summed E-state index contributed by atoms with van der Waals surface area (Å²) in [5.41, 5.74) is 1.29. The van der Waals surface area contributed by atoms with E-state index in [1.165, 1.54) is 16.5 Å². The predicted octanol–water partition coefficient (Wildman–Crippen LogP) is 4.25. The van der Waals surface area contributed by atoms with E-state index in [0.717, 1.165) is 13.1 Å². The Morgan fingerprint density at radius 2 is 1.89 bits per heavy atom. The lowest BCUT2D eigenvalue weighted by Crippen LogP contribution is -2.22. The van der Waals surface area contributed by atoms with Crippen LogP contribution in [0.5, 0.6) is 0 Å². The highest BCUT2D eigenvalue weighted by molar-refractivity contribution is 5.94. The molecule has 2 aromatic rings. The number of benzene rings is 2. The molecule has 1 heteroatoms. The van der Waals surface area contributed by atoms with E-state index in [2.05, 4.69) is 72.2 Å². The molecule has 2 aromatic carbocycles. The van der Waals surface area contributed by atoms with Gasteiger partial charge in [-0.15, -0.1) is 5.92 Å². The molecule has 0 N–H and O–H groups in total. The third-order valence-electron chi connectivity index (χ3n) is 3.16. The van der Waals surface area contributed by atoms with E-state index in [1.807, 2.05) is 13.0 Å². The quantitative estimate of drug-likeness (QED) is 0.732. The van der Waals surface area contributed by atoms with E-state index in [4.69, 9.17) is 0 Å². The molecule has 0 aliphatic carbocycles. The molecule has 0 bridgehead atoms. The molecule has 0 saturated carbocycles. The summed E-state index contributed by atoms with van der Waals surface area (Å²) in [6.07, 6.45) is 4.04. The summed E-state index contributed by atoms with van der Waals surface area (Å²) in [7, 11) is 0. The number of rotatable bonds is 4. The van der Waals surface area contributed by atoms with Crippen molar-refractivity contribution in [3.63, 3.8) is 0 Å². The molecule has 1 nitrogen and oxygen atoms in total. The lowest BCUT2D eigenvalue weighted by Gasteiger charge is -2.23. The van der Waals surface area contributed by atoms with Gasteiger partial charge in [0.05, 0.1) is 0 Å². The van der Waals surface area contributed by atoms with Crippen molar-refractivity contribution in [2.24, 2.45) is 0 Å². The van der Waals surface area contributed by atoms with Crippen LogP contribution < -0.4 is 4.90 Å². The SMILES string of the molecule is CC#CC=CCN(CC)c1cccc2ccccc12. The number of allylic oxidation sites excluding steroid dienone is 1. The summed E-state index contributed by atoms with van der Waals surface area (Å²) in [6, 6.07) is 15.0. The van der Waals surface area contributed by atoms with E-state index in [1.54, 1.807) is 0 Å². The normalized spacial score (nSPS) is 10.4. The summed E-state index contributed by atoms with van der Waals surface area (Å²) < 4.78 is 0. The number of likely N-dealkylation sites (N-methyl/N-ethyl adjacent to an activating group) is 1. The fraction of sp³-hybridized carbons (Fsp3) is 0.222.